The van der Waals surface area contributed by atoms with Crippen molar-refractivity contribution in [3.8, 4) is 21.8 Å². The van der Waals surface area contributed by atoms with E-state index in [4.69, 9.17) is 10.7 Å². The van der Waals surface area contributed by atoms with Crippen LogP contribution in [-0.4, -0.2) is 21.4 Å². The molecule has 0 spiro atoms. The Morgan fingerprint density at radius 2 is 1.90 bits per heavy atom. The van der Waals surface area contributed by atoms with E-state index in [1.165, 1.54) is 20.9 Å². The van der Waals surface area contributed by atoms with Gasteiger partial charge in [0.1, 0.15) is 5.82 Å². The van der Waals surface area contributed by atoms with Crippen molar-refractivity contribution in [2.75, 3.05) is 12.3 Å². The van der Waals surface area contributed by atoms with Gasteiger partial charge in [0.05, 0.1) is 11.3 Å². The van der Waals surface area contributed by atoms with Gasteiger partial charge in [0, 0.05) is 47.1 Å². The summed E-state index contributed by atoms with van der Waals surface area (Å²) in [6, 6.07) is 20.3. The van der Waals surface area contributed by atoms with E-state index in [2.05, 4.69) is 53.2 Å². The molecule has 3 N–H and O–H groups in total. The molecule has 0 radical (unpaired) electrons. The van der Waals surface area contributed by atoms with Crippen LogP contribution in [0, 0.1) is 6.92 Å². The number of fused-ring (bicyclic) bond motifs is 1. The summed E-state index contributed by atoms with van der Waals surface area (Å²) in [4.78, 5) is 25.4. The fraction of sp³-hybridized carbons (Fsp3) is 0.200. The Bertz CT molecular complexity index is 1290. The van der Waals surface area contributed by atoms with Crippen molar-refractivity contribution in [2.24, 2.45) is 0 Å². The first kappa shape index (κ1) is 19.7. The van der Waals surface area contributed by atoms with Crippen molar-refractivity contribution in [3.05, 3.63) is 92.7 Å². The van der Waals surface area contributed by atoms with Crippen LogP contribution in [0.2, 0.25) is 0 Å². The minimum absolute atomic E-state index is 0.0479. The Hall–Kier alpha value is -3.22. The van der Waals surface area contributed by atoms with Crippen molar-refractivity contribution >= 4 is 17.0 Å². The second-order valence-corrected chi connectivity index (χ2v) is 9.17. The predicted octanol–water partition coefficient (Wildman–Crippen LogP) is 4.61. The molecule has 156 valence electrons. The van der Waals surface area contributed by atoms with Crippen LogP contribution in [0.4, 0.5) is 5.69 Å². The van der Waals surface area contributed by atoms with Crippen molar-refractivity contribution in [1.82, 2.24) is 14.9 Å². The number of rotatable bonds is 4. The quantitative estimate of drug-likeness (QED) is 0.465. The highest BCUT2D eigenvalue weighted by Crippen LogP contribution is 2.31. The van der Waals surface area contributed by atoms with Crippen molar-refractivity contribution in [2.45, 2.75) is 26.4 Å². The molecule has 3 heterocycles. The average molecular weight is 429 g/mol. The van der Waals surface area contributed by atoms with Crippen molar-refractivity contribution < 1.29 is 0 Å². The number of thiophene rings is 1. The van der Waals surface area contributed by atoms with Gasteiger partial charge in [0.2, 0.25) is 0 Å². The summed E-state index contributed by atoms with van der Waals surface area (Å²) in [6.07, 6.45) is 0.775. The lowest BCUT2D eigenvalue weighted by atomic mass is 10.1. The predicted molar refractivity (Wildman–Crippen MR) is 127 cm³/mol. The van der Waals surface area contributed by atoms with Gasteiger partial charge in [-0.2, -0.15) is 0 Å². The lowest BCUT2D eigenvalue weighted by molar-refractivity contribution is 0.244. The number of nitrogens with one attached hydrogen (secondary N) is 1. The number of hydrogen-bond donors (Lipinski definition) is 2. The molecule has 2 aromatic heterocycles. The maximum Gasteiger partial charge on any atom is 0.255 e. The van der Waals surface area contributed by atoms with Gasteiger partial charge in [0.25, 0.3) is 5.56 Å². The average Bonchev–Trinajstić information content (AvgIpc) is 3.23. The molecule has 5 nitrogen and oxygen atoms in total. The SMILES string of the molecule is Cc1ccccc1-c1ccc(CN2CCc3nc(-c4ccc(N)cc4)[nH]c(=O)c3C2)s1. The van der Waals surface area contributed by atoms with E-state index in [-0.39, 0.29) is 5.56 Å². The molecule has 0 saturated heterocycles. The van der Waals surface area contributed by atoms with Gasteiger partial charge in [-0.3, -0.25) is 9.69 Å². The van der Waals surface area contributed by atoms with Crippen LogP contribution >= 0.6 is 11.3 Å². The number of aryl methyl sites for hydroxylation is 1. The van der Waals surface area contributed by atoms with Crippen molar-refractivity contribution in [1.29, 1.82) is 0 Å². The molecular weight excluding hydrogens is 404 g/mol. The second kappa shape index (κ2) is 8.13. The first-order valence-corrected chi connectivity index (χ1v) is 11.2. The number of H-pyrrole nitrogens is 1. The molecule has 0 aliphatic carbocycles. The minimum Gasteiger partial charge on any atom is -0.399 e. The monoisotopic (exact) mass is 428 g/mol. The third kappa shape index (κ3) is 4.04. The van der Waals surface area contributed by atoms with E-state index in [0.717, 1.165) is 36.3 Å². The fourth-order valence-electron chi connectivity index (χ4n) is 4.07. The standard InChI is InChI=1S/C25H24N4OS/c1-16-4-2-3-5-20(16)23-11-10-19(31-23)14-29-13-12-22-21(15-29)25(30)28-24(27-22)17-6-8-18(26)9-7-17/h2-11H,12-15,26H2,1H3,(H,27,28,30). The van der Waals surface area contributed by atoms with E-state index in [9.17, 15) is 4.79 Å². The summed E-state index contributed by atoms with van der Waals surface area (Å²) < 4.78 is 0. The highest BCUT2D eigenvalue weighted by molar-refractivity contribution is 7.15. The van der Waals surface area contributed by atoms with E-state index >= 15 is 0 Å². The fourth-order valence-corrected chi connectivity index (χ4v) is 5.21. The highest BCUT2D eigenvalue weighted by Gasteiger charge is 2.22. The summed E-state index contributed by atoms with van der Waals surface area (Å²) in [5.74, 6) is 0.610. The van der Waals surface area contributed by atoms with Crippen LogP contribution in [0.25, 0.3) is 21.8 Å². The summed E-state index contributed by atoms with van der Waals surface area (Å²) in [5, 5.41) is 0. The largest absolute Gasteiger partial charge is 0.399 e. The van der Waals surface area contributed by atoms with Gasteiger partial charge < -0.3 is 10.7 Å². The lowest BCUT2D eigenvalue weighted by Gasteiger charge is -2.27. The number of nitrogens with two attached hydrogens (primary N) is 1. The molecule has 0 unspecified atom stereocenters. The lowest BCUT2D eigenvalue weighted by Crippen LogP contribution is -2.35. The van der Waals surface area contributed by atoms with Gasteiger partial charge in [-0.05, 0) is 54.4 Å². The number of benzene rings is 2. The van der Waals surface area contributed by atoms with Crippen molar-refractivity contribution in [3.63, 3.8) is 0 Å². The first-order chi connectivity index (χ1) is 15.1. The maximum atomic E-state index is 12.8. The highest BCUT2D eigenvalue weighted by atomic mass is 32.1. The summed E-state index contributed by atoms with van der Waals surface area (Å²) in [5.41, 5.74) is 11.5. The Morgan fingerprint density at radius 1 is 1.10 bits per heavy atom. The zero-order valence-corrected chi connectivity index (χ0v) is 18.2. The molecule has 0 bridgehead atoms. The van der Waals surface area contributed by atoms with E-state index in [0.29, 0.717) is 18.1 Å². The van der Waals surface area contributed by atoms with Crippen LogP contribution in [-0.2, 0) is 19.5 Å². The zero-order chi connectivity index (χ0) is 21.4. The summed E-state index contributed by atoms with van der Waals surface area (Å²) >= 11 is 1.83. The molecule has 0 amide bonds. The number of nitrogen functional groups attached to an aromatic ring is 1. The Balaban J connectivity index is 1.34. The molecule has 0 saturated carbocycles. The normalized spacial score (nSPS) is 13.8. The van der Waals surface area contributed by atoms with Gasteiger partial charge in [-0.15, -0.1) is 11.3 Å². The Morgan fingerprint density at radius 3 is 2.71 bits per heavy atom. The summed E-state index contributed by atoms with van der Waals surface area (Å²) in [6.45, 7) is 4.50. The smallest absolute Gasteiger partial charge is 0.255 e. The topological polar surface area (TPSA) is 75.0 Å². The molecule has 0 fully saturated rings. The molecule has 5 rings (SSSR count). The van der Waals surface area contributed by atoms with Gasteiger partial charge in [-0.25, -0.2) is 4.98 Å². The van der Waals surface area contributed by atoms with Crippen LogP contribution in [0.5, 0.6) is 0 Å². The van der Waals surface area contributed by atoms with E-state index in [1.54, 1.807) is 0 Å². The van der Waals surface area contributed by atoms with E-state index < -0.39 is 0 Å². The van der Waals surface area contributed by atoms with Crippen LogP contribution < -0.4 is 11.3 Å². The van der Waals surface area contributed by atoms with Gasteiger partial charge >= 0.3 is 0 Å². The number of nitrogens with zero attached hydrogens (tertiary/aromatic N) is 2. The molecule has 1 aliphatic heterocycles. The zero-order valence-electron chi connectivity index (χ0n) is 17.4. The molecular formula is C25H24N4OS. The molecule has 0 atom stereocenters. The van der Waals surface area contributed by atoms with Crippen LogP contribution in [0.1, 0.15) is 21.7 Å². The van der Waals surface area contributed by atoms with E-state index in [1.807, 2.05) is 35.6 Å². The Kier molecular flexibility index (Phi) is 5.18. The third-order valence-corrected chi connectivity index (χ3v) is 6.89. The molecule has 1 aliphatic rings. The van der Waals surface area contributed by atoms with Gasteiger partial charge in [0.15, 0.2) is 0 Å². The molecule has 2 aromatic carbocycles. The minimum atomic E-state index is -0.0479. The second-order valence-electron chi connectivity index (χ2n) is 8.00. The van der Waals surface area contributed by atoms with Crippen LogP contribution in [0.15, 0.2) is 65.5 Å². The first-order valence-electron chi connectivity index (χ1n) is 10.4. The number of hydrogen-bond acceptors (Lipinski definition) is 5. The third-order valence-electron chi connectivity index (χ3n) is 5.78. The molecule has 31 heavy (non-hydrogen) atoms. The van der Waals surface area contributed by atoms with Crippen LogP contribution in [0.3, 0.4) is 0 Å². The maximum absolute atomic E-state index is 12.8. The number of aromatic nitrogens is 2. The number of aromatic amines is 1. The number of anilines is 1. The summed E-state index contributed by atoms with van der Waals surface area (Å²) in [7, 11) is 0. The molecule has 6 heteroatoms. The Labute approximate surface area is 185 Å². The van der Waals surface area contributed by atoms with Gasteiger partial charge in [-0.1, -0.05) is 24.3 Å². The molecule has 4 aromatic rings.